The van der Waals surface area contributed by atoms with E-state index < -0.39 is 0 Å². The summed E-state index contributed by atoms with van der Waals surface area (Å²) in [7, 11) is 0. The van der Waals surface area contributed by atoms with Gasteiger partial charge in [0.05, 0.1) is 5.69 Å². The van der Waals surface area contributed by atoms with Crippen molar-refractivity contribution in [2.45, 2.75) is 33.2 Å². The second-order valence-electron chi connectivity index (χ2n) is 6.16. The first-order chi connectivity index (χ1) is 11.5. The molecule has 3 rings (SSSR count). The number of nitrogens with zero attached hydrogens (tertiary/aromatic N) is 3. The van der Waals surface area contributed by atoms with Gasteiger partial charge in [0.2, 0.25) is 11.7 Å². The van der Waals surface area contributed by atoms with Crippen LogP contribution in [0.2, 0.25) is 0 Å². The lowest BCUT2D eigenvalue weighted by atomic mass is 10.1. The van der Waals surface area contributed by atoms with Crippen LogP contribution in [-0.2, 0) is 11.2 Å². The van der Waals surface area contributed by atoms with Gasteiger partial charge in [-0.3, -0.25) is 9.59 Å². The summed E-state index contributed by atoms with van der Waals surface area (Å²) in [5.41, 5.74) is 2.73. The van der Waals surface area contributed by atoms with Crippen molar-refractivity contribution in [2.75, 3.05) is 18.0 Å². The highest BCUT2D eigenvalue weighted by Crippen LogP contribution is 2.22. The maximum absolute atomic E-state index is 12.6. The number of carbonyl (C=O) groups excluding carboxylic acids is 2. The lowest BCUT2D eigenvalue weighted by molar-refractivity contribution is -0.121. The van der Waals surface area contributed by atoms with Gasteiger partial charge in [-0.2, -0.15) is 0 Å². The Morgan fingerprint density at radius 1 is 1.33 bits per heavy atom. The molecule has 2 heterocycles. The van der Waals surface area contributed by atoms with Crippen LogP contribution in [0.4, 0.5) is 5.69 Å². The molecule has 24 heavy (non-hydrogen) atoms. The average molecular weight is 327 g/mol. The predicted octanol–water partition coefficient (Wildman–Crippen LogP) is 2.42. The van der Waals surface area contributed by atoms with Crippen molar-refractivity contribution in [1.82, 2.24) is 10.1 Å². The highest BCUT2D eigenvalue weighted by atomic mass is 16.5. The molecule has 0 aliphatic carbocycles. The van der Waals surface area contributed by atoms with Gasteiger partial charge in [-0.1, -0.05) is 29.8 Å². The highest BCUT2D eigenvalue weighted by Gasteiger charge is 2.35. The van der Waals surface area contributed by atoms with Crippen molar-refractivity contribution in [3.8, 4) is 0 Å². The summed E-state index contributed by atoms with van der Waals surface area (Å²) in [6, 6.07) is 9.36. The molecule has 0 N–H and O–H groups in total. The van der Waals surface area contributed by atoms with Gasteiger partial charge in [0.1, 0.15) is 6.54 Å². The number of benzene rings is 1. The topological polar surface area (TPSA) is 66.7 Å². The van der Waals surface area contributed by atoms with E-state index in [2.05, 4.69) is 5.16 Å². The van der Waals surface area contributed by atoms with Gasteiger partial charge in [0, 0.05) is 24.3 Å². The molecule has 6 nitrogen and oxygen atoms in total. The van der Waals surface area contributed by atoms with Gasteiger partial charge in [-0.15, -0.1) is 0 Å². The zero-order chi connectivity index (χ0) is 17.3. The largest absolute Gasteiger partial charge is 0.351 e. The van der Waals surface area contributed by atoms with Crippen LogP contribution < -0.4 is 4.90 Å². The molecule has 1 aliphatic rings. The van der Waals surface area contributed by atoms with Crippen molar-refractivity contribution >= 4 is 17.5 Å². The number of rotatable bonds is 3. The van der Waals surface area contributed by atoms with E-state index in [1.54, 1.807) is 15.9 Å². The van der Waals surface area contributed by atoms with Crippen LogP contribution in [0.15, 0.2) is 34.9 Å². The lowest BCUT2D eigenvalue weighted by Crippen LogP contribution is -2.57. The van der Waals surface area contributed by atoms with Crippen molar-refractivity contribution < 1.29 is 14.1 Å². The van der Waals surface area contributed by atoms with E-state index in [0.29, 0.717) is 13.0 Å². The first-order valence-electron chi connectivity index (χ1n) is 8.13. The average Bonchev–Trinajstić information content (AvgIpc) is 3.06. The molecule has 0 bridgehead atoms. The lowest BCUT2D eigenvalue weighted by Gasteiger charge is -2.38. The van der Waals surface area contributed by atoms with E-state index >= 15 is 0 Å². The third kappa shape index (κ3) is 3.04. The first-order valence-corrected chi connectivity index (χ1v) is 8.13. The van der Waals surface area contributed by atoms with E-state index in [4.69, 9.17) is 4.52 Å². The molecule has 0 radical (unpaired) electrons. The molecule has 0 spiro atoms. The van der Waals surface area contributed by atoms with Crippen LogP contribution in [0, 0.1) is 6.92 Å². The minimum atomic E-state index is -0.286. The Kier molecular flexibility index (Phi) is 4.38. The normalized spacial score (nSPS) is 18.1. The maximum Gasteiger partial charge on any atom is 0.293 e. The molecular formula is C18H21N3O3. The molecule has 1 atom stereocenters. The number of aromatic nitrogens is 1. The minimum absolute atomic E-state index is 0.0377. The van der Waals surface area contributed by atoms with E-state index in [1.165, 1.54) is 0 Å². The zero-order valence-electron chi connectivity index (χ0n) is 14.2. The Bertz CT molecular complexity index is 751. The maximum atomic E-state index is 12.6. The van der Waals surface area contributed by atoms with Gasteiger partial charge >= 0.3 is 0 Å². The van der Waals surface area contributed by atoms with Crippen LogP contribution in [0.25, 0.3) is 0 Å². The molecule has 1 fully saturated rings. The smallest absolute Gasteiger partial charge is 0.293 e. The van der Waals surface area contributed by atoms with Crippen molar-refractivity contribution in [1.29, 1.82) is 0 Å². The van der Waals surface area contributed by atoms with E-state index in [-0.39, 0.29) is 30.2 Å². The summed E-state index contributed by atoms with van der Waals surface area (Å²) < 4.78 is 5.11. The molecule has 6 heteroatoms. The molecule has 1 aliphatic heterocycles. The van der Waals surface area contributed by atoms with E-state index in [0.717, 1.165) is 16.9 Å². The predicted molar refractivity (Wildman–Crippen MR) is 89.9 cm³/mol. The van der Waals surface area contributed by atoms with Crippen molar-refractivity contribution in [2.24, 2.45) is 0 Å². The molecular weight excluding hydrogens is 306 g/mol. The van der Waals surface area contributed by atoms with Gasteiger partial charge in [-0.25, -0.2) is 0 Å². The number of anilines is 1. The van der Waals surface area contributed by atoms with Crippen molar-refractivity contribution in [3.05, 3.63) is 47.3 Å². The fraction of sp³-hybridized carbons (Fsp3) is 0.389. The van der Waals surface area contributed by atoms with Crippen LogP contribution in [0.5, 0.6) is 0 Å². The zero-order valence-corrected chi connectivity index (χ0v) is 14.2. The third-order valence-corrected chi connectivity index (χ3v) is 4.32. The summed E-state index contributed by atoms with van der Waals surface area (Å²) >= 11 is 0. The third-order valence-electron chi connectivity index (χ3n) is 4.32. The Hall–Kier alpha value is -2.63. The minimum Gasteiger partial charge on any atom is -0.351 e. The number of piperazine rings is 1. The van der Waals surface area contributed by atoms with Gasteiger partial charge in [0.15, 0.2) is 0 Å². The summed E-state index contributed by atoms with van der Waals surface area (Å²) in [6.07, 6.45) is 0.701. The molecule has 1 unspecified atom stereocenters. The molecule has 1 aromatic heterocycles. The van der Waals surface area contributed by atoms with E-state index in [1.807, 2.05) is 45.0 Å². The fourth-order valence-electron chi connectivity index (χ4n) is 2.82. The van der Waals surface area contributed by atoms with Crippen LogP contribution >= 0.6 is 0 Å². The standard InChI is InChI=1S/C18H21N3O3/c1-4-14-9-16(24-19-14)18(23)20-11-17(22)21(10-13(20)3)15-7-5-12(2)6-8-15/h5-9,13H,4,10-11H2,1-3H3. The number of hydrogen-bond acceptors (Lipinski definition) is 4. The Morgan fingerprint density at radius 2 is 2.04 bits per heavy atom. The Labute approximate surface area is 141 Å². The Balaban J connectivity index is 1.76. The highest BCUT2D eigenvalue weighted by molar-refractivity contribution is 6.01. The fourth-order valence-corrected chi connectivity index (χ4v) is 2.82. The summed E-state index contributed by atoms with van der Waals surface area (Å²) in [4.78, 5) is 28.4. The van der Waals surface area contributed by atoms with Gasteiger partial charge < -0.3 is 14.3 Å². The summed E-state index contributed by atoms with van der Waals surface area (Å²) in [6.45, 7) is 6.38. The number of amides is 2. The Morgan fingerprint density at radius 3 is 2.67 bits per heavy atom. The number of aryl methyl sites for hydroxylation is 2. The monoisotopic (exact) mass is 327 g/mol. The molecule has 0 saturated carbocycles. The first kappa shape index (κ1) is 16.2. The summed E-state index contributed by atoms with van der Waals surface area (Å²) in [5.74, 6) is -0.192. The molecule has 1 saturated heterocycles. The van der Waals surface area contributed by atoms with Gasteiger partial charge in [-0.05, 0) is 32.4 Å². The number of carbonyl (C=O) groups is 2. The van der Waals surface area contributed by atoms with Crippen molar-refractivity contribution in [3.63, 3.8) is 0 Å². The molecule has 1 aromatic carbocycles. The summed E-state index contributed by atoms with van der Waals surface area (Å²) in [5, 5.41) is 3.85. The second kappa shape index (κ2) is 6.47. The second-order valence-corrected chi connectivity index (χ2v) is 6.16. The molecule has 2 amide bonds. The van der Waals surface area contributed by atoms with E-state index in [9.17, 15) is 9.59 Å². The molecule has 2 aromatic rings. The quantitative estimate of drug-likeness (QED) is 0.868. The SMILES string of the molecule is CCc1cc(C(=O)N2CC(=O)N(c3ccc(C)cc3)CC2C)on1. The van der Waals surface area contributed by atoms with Crippen LogP contribution in [0.1, 0.15) is 35.7 Å². The van der Waals surface area contributed by atoms with Gasteiger partial charge in [0.25, 0.3) is 5.91 Å². The number of hydrogen-bond donors (Lipinski definition) is 0. The molecule has 126 valence electrons. The van der Waals surface area contributed by atoms with Crippen LogP contribution in [-0.4, -0.2) is 41.0 Å². The van der Waals surface area contributed by atoms with Crippen LogP contribution in [0.3, 0.4) is 0 Å².